The third kappa shape index (κ3) is 2.31. The first kappa shape index (κ1) is 10.3. The summed E-state index contributed by atoms with van der Waals surface area (Å²) in [4.78, 5) is 0. The summed E-state index contributed by atoms with van der Waals surface area (Å²) in [6.45, 7) is 5.69. The highest BCUT2D eigenvalue weighted by molar-refractivity contribution is 5.16. The number of rotatable bonds is 3. The van der Waals surface area contributed by atoms with Crippen molar-refractivity contribution in [1.82, 2.24) is 0 Å². The molecule has 1 nitrogen and oxygen atoms in total. The average Bonchev–Trinajstić information content (AvgIpc) is 2.18. The van der Waals surface area contributed by atoms with Crippen LogP contribution >= 0.6 is 0 Å². The van der Waals surface area contributed by atoms with E-state index in [0.717, 1.165) is 11.0 Å². The molecule has 0 radical (unpaired) electrons. The quantitative estimate of drug-likeness (QED) is 0.624. The van der Waals surface area contributed by atoms with Crippen molar-refractivity contribution in [3.63, 3.8) is 0 Å². The van der Waals surface area contributed by atoms with E-state index in [-0.39, 0.29) is 0 Å². The van der Waals surface area contributed by atoms with Gasteiger partial charge in [-0.3, -0.25) is 0 Å². The molecule has 1 aromatic rings. The van der Waals surface area contributed by atoms with Crippen LogP contribution in [0.1, 0.15) is 25.5 Å². The maximum atomic E-state index is 2.29. The summed E-state index contributed by atoms with van der Waals surface area (Å²) in [6.07, 6.45) is 0. The van der Waals surface area contributed by atoms with Crippen LogP contribution in [0.15, 0.2) is 30.3 Å². The maximum absolute atomic E-state index is 2.29. The monoisotopic (exact) mass is 178 g/mol. The Labute approximate surface area is 81.6 Å². The van der Waals surface area contributed by atoms with Crippen LogP contribution in [0.25, 0.3) is 0 Å². The van der Waals surface area contributed by atoms with Crippen molar-refractivity contribution in [3.8, 4) is 0 Å². The van der Waals surface area contributed by atoms with Crippen molar-refractivity contribution in [2.75, 3.05) is 20.6 Å². The molecular formula is C12H20N+. The second kappa shape index (κ2) is 3.93. The zero-order valence-electron chi connectivity index (χ0n) is 9.12. The molecule has 0 saturated heterocycles. The van der Waals surface area contributed by atoms with Gasteiger partial charge in [0.1, 0.15) is 6.04 Å². The largest absolute Gasteiger partial charge is 0.323 e. The van der Waals surface area contributed by atoms with Gasteiger partial charge in [-0.05, 0) is 13.8 Å². The second-order valence-electron chi connectivity index (χ2n) is 4.18. The summed E-state index contributed by atoms with van der Waals surface area (Å²) in [5, 5.41) is 0. The standard InChI is InChI=1S/C12H20N/c1-5-13(3,4)11(2)12-9-7-6-8-10-12/h6-11H,5H2,1-4H3/q+1/t11-/m1/s1. The van der Waals surface area contributed by atoms with Crippen molar-refractivity contribution >= 4 is 0 Å². The van der Waals surface area contributed by atoms with Gasteiger partial charge in [0, 0.05) is 5.56 Å². The van der Waals surface area contributed by atoms with Crippen LogP contribution in [0, 0.1) is 0 Å². The van der Waals surface area contributed by atoms with Crippen molar-refractivity contribution in [2.45, 2.75) is 19.9 Å². The van der Waals surface area contributed by atoms with Gasteiger partial charge in [-0.2, -0.15) is 0 Å². The van der Waals surface area contributed by atoms with E-state index >= 15 is 0 Å². The highest BCUT2D eigenvalue weighted by atomic mass is 15.3. The molecule has 13 heavy (non-hydrogen) atoms. The van der Waals surface area contributed by atoms with Crippen LogP contribution in [0.4, 0.5) is 0 Å². The molecule has 0 saturated carbocycles. The lowest BCUT2D eigenvalue weighted by Crippen LogP contribution is -2.41. The SMILES string of the molecule is CC[N+](C)(C)[C@H](C)c1ccccc1. The molecule has 0 aliphatic carbocycles. The first-order chi connectivity index (χ1) is 6.08. The van der Waals surface area contributed by atoms with E-state index in [4.69, 9.17) is 0 Å². The summed E-state index contributed by atoms with van der Waals surface area (Å²) >= 11 is 0. The Morgan fingerprint density at radius 2 is 1.69 bits per heavy atom. The summed E-state index contributed by atoms with van der Waals surface area (Å²) in [7, 11) is 4.55. The van der Waals surface area contributed by atoms with Gasteiger partial charge in [0.2, 0.25) is 0 Å². The normalized spacial score (nSPS) is 14.2. The van der Waals surface area contributed by atoms with Crippen molar-refractivity contribution < 1.29 is 4.48 Å². The van der Waals surface area contributed by atoms with E-state index in [1.807, 2.05) is 0 Å². The van der Waals surface area contributed by atoms with Crippen LogP contribution < -0.4 is 0 Å². The Morgan fingerprint density at radius 3 is 2.15 bits per heavy atom. The Balaban J connectivity index is 2.85. The van der Waals surface area contributed by atoms with E-state index in [1.54, 1.807) is 0 Å². The van der Waals surface area contributed by atoms with Gasteiger partial charge in [0.05, 0.1) is 20.6 Å². The number of hydrogen-bond acceptors (Lipinski definition) is 0. The molecule has 1 atom stereocenters. The topological polar surface area (TPSA) is 0 Å². The molecule has 0 fully saturated rings. The number of hydrogen-bond donors (Lipinski definition) is 0. The van der Waals surface area contributed by atoms with Crippen LogP contribution in [0.5, 0.6) is 0 Å². The van der Waals surface area contributed by atoms with Gasteiger partial charge in [0.15, 0.2) is 0 Å². The maximum Gasteiger partial charge on any atom is 0.111 e. The van der Waals surface area contributed by atoms with Gasteiger partial charge in [0.25, 0.3) is 0 Å². The van der Waals surface area contributed by atoms with E-state index in [2.05, 4.69) is 58.3 Å². The molecule has 0 heterocycles. The third-order valence-electron chi connectivity index (χ3n) is 3.15. The molecule has 1 heteroatoms. The van der Waals surface area contributed by atoms with Crippen LogP contribution in [0.2, 0.25) is 0 Å². The highest BCUT2D eigenvalue weighted by Gasteiger charge is 2.22. The highest BCUT2D eigenvalue weighted by Crippen LogP contribution is 2.23. The lowest BCUT2D eigenvalue weighted by Gasteiger charge is -2.35. The second-order valence-corrected chi connectivity index (χ2v) is 4.18. The van der Waals surface area contributed by atoms with Gasteiger partial charge < -0.3 is 4.48 Å². The summed E-state index contributed by atoms with van der Waals surface area (Å²) in [5.74, 6) is 0. The van der Waals surface area contributed by atoms with Crippen LogP contribution in [-0.4, -0.2) is 25.1 Å². The molecule has 1 rings (SSSR count). The fourth-order valence-electron chi connectivity index (χ4n) is 1.41. The Morgan fingerprint density at radius 1 is 1.15 bits per heavy atom. The van der Waals surface area contributed by atoms with Gasteiger partial charge in [-0.25, -0.2) is 0 Å². The summed E-state index contributed by atoms with van der Waals surface area (Å²) < 4.78 is 1.05. The van der Waals surface area contributed by atoms with Gasteiger partial charge >= 0.3 is 0 Å². The average molecular weight is 178 g/mol. The third-order valence-corrected chi connectivity index (χ3v) is 3.15. The van der Waals surface area contributed by atoms with E-state index in [0.29, 0.717) is 6.04 Å². The predicted octanol–water partition coefficient (Wildman–Crippen LogP) is 2.84. The van der Waals surface area contributed by atoms with E-state index in [9.17, 15) is 0 Å². The first-order valence-electron chi connectivity index (χ1n) is 4.95. The Kier molecular flexibility index (Phi) is 3.10. The van der Waals surface area contributed by atoms with Crippen molar-refractivity contribution in [1.29, 1.82) is 0 Å². The fourth-order valence-corrected chi connectivity index (χ4v) is 1.41. The zero-order valence-corrected chi connectivity index (χ0v) is 9.12. The molecule has 0 aromatic heterocycles. The fraction of sp³-hybridized carbons (Fsp3) is 0.500. The molecule has 1 aromatic carbocycles. The van der Waals surface area contributed by atoms with Gasteiger partial charge in [-0.1, -0.05) is 30.3 Å². The first-order valence-corrected chi connectivity index (χ1v) is 4.95. The zero-order chi connectivity index (χ0) is 9.90. The van der Waals surface area contributed by atoms with Crippen LogP contribution in [-0.2, 0) is 0 Å². The minimum Gasteiger partial charge on any atom is -0.323 e. The van der Waals surface area contributed by atoms with Crippen molar-refractivity contribution in [3.05, 3.63) is 35.9 Å². The minimum atomic E-state index is 0.575. The molecule has 0 aliphatic heterocycles. The summed E-state index contributed by atoms with van der Waals surface area (Å²) in [6, 6.07) is 11.3. The number of quaternary nitrogens is 1. The van der Waals surface area contributed by atoms with Crippen molar-refractivity contribution in [2.24, 2.45) is 0 Å². The predicted molar refractivity (Wildman–Crippen MR) is 57.5 cm³/mol. The molecule has 72 valence electrons. The number of nitrogens with zero attached hydrogens (tertiary/aromatic N) is 1. The van der Waals surface area contributed by atoms with E-state index < -0.39 is 0 Å². The lowest BCUT2D eigenvalue weighted by atomic mass is 10.1. The molecule has 0 amide bonds. The van der Waals surface area contributed by atoms with Crippen LogP contribution in [0.3, 0.4) is 0 Å². The Bertz CT molecular complexity index is 251. The molecule has 0 aliphatic rings. The smallest absolute Gasteiger partial charge is 0.111 e. The molecule has 0 bridgehead atoms. The molecule has 0 unspecified atom stereocenters. The molecule has 0 N–H and O–H groups in total. The Hall–Kier alpha value is -0.820. The van der Waals surface area contributed by atoms with E-state index in [1.165, 1.54) is 5.56 Å². The van der Waals surface area contributed by atoms with Gasteiger partial charge in [-0.15, -0.1) is 0 Å². The molecule has 0 spiro atoms. The minimum absolute atomic E-state index is 0.575. The molecular weight excluding hydrogens is 158 g/mol. The summed E-state index contributed by atoms with van der Waals surface area (Å²) in [5.41, 5.74) is 1.43. The lowest BCUT2D eigenvalue weighted by molar-refractivity contribution is -0.917. The number of benzene rings is 1.